The highest BCUT2D eigenvalue weighted by molar-refractivity contribution is 6.30. The standard InChI is InChI=1S/C12H16ClN3O/c13-12-10(7-16-8(5-14)6-15)9-3-1-2-4-11(9)17-12/h1-4,8,16H,5-7,14-15H2. The van der Waals surface area contributed by atoms with E-state index < -0.39 is 0 Å². The molecule has 0 aliphatic heterocycles. The number of rotatable bonds is 5. The van der Waals surface area contributed by atoms with Crippen LogP contribution in [0.5, 0.6) is 0 Å². The van der Waals surface area contributed by atoms with Crippen molar-refractivity contribution in [3.63, 3.8) is 0 Å². The Balaban J connectivity index is 2.20. The van der Waals surface area contributed by atoms with E-state index in [4.69, 9.17) is 27.5 Å². The first-order valence-electron chi connectivity index (χ1n) is 5.55. The minimum absolute atomic E-state index is 0.0970. The third-order valence-corrected chi connectivity index (χ3v) is 3.09. The van der Waals surface area contributed by atoms with Crippen LogP contribution in [0.25, 0.3) is 11.0 Å². The Bertz CT molecular complexity index is 493. The molecule has 0 aliphatic rings. The summed E-state index contributed by atoms with van der Waals surface area (Å²) in [6.07, 6.45) is 0. The van der Waals surface area contributed by atoms with Gasteiger partial charge in [-0.3, -0.25) is 0 Å². The fraction of sp³-hybridized carbons (Fsp3) is 0.333. The van der Waals surface area contributed by atoms with Crippen molar-refractivity contribution < 1.29 is 4.42 Å². The van der Waals surface area contributed by atoms with E-state index >= 15 is 0 Å². The third kappa shape index (κ3) is 2.61. The predicted octanol–water partition coefficient (Wildman–Crippen LogP) is 1.46. The maximum atomic E-state index is 6.07. The molecule has 2 rings (SSSR count). The molecule has 0 bridgehead atoms. The number of halogens is 1. The van der Waals surface area contributed by atoms with E-state index in [2.05, 4.69) is 5.32 Å². The summed E-state index contributed by atoms with van der Waals surface area (Å²) < 4.78 is 5.46. The molecule has 1 aromatic heterocycles. The summed E-state index contributed by atoms with van der Waals surface area (Å²) in [5.74, 6) is 0. The Morgan fingerprint density at radius 3 is 2.65 bits per heavy atom. The Kier molecular flexibility index (Phi) is 4.02. The molecule has 92 valence electrons. The average Bonchev–Trinajstić information content (AvgIpc) is 2.67. The topological polar surface area (TPSA) is 77.2 Å². The first-order chi connectivity index (χ1) is 8.26. The fourth-order valence-corrected chi connectivity index (χ4v) is 1.99. The van der Waals surface area contributed by atoms with Crippen molar-refractivity contribution in [1.82, 2.24) is 5.32 Å². The summed E-state index contributed by atoms with van der Waals surface area (Å²) in [5, 5.41) is 4.71. The van der Waals surface area contributed by atoms with E-state index in [0.29, 0.717) is 24.9 Å². The largest absolute Gasteiger partial charge is 0.444 e. The van der Waals surface area contributed by atoms with Crippen molar-refractivity contribution in [3.8, 4) is 0 Å². The van der Waals surface area contributed by atoms with Crippen LogP contribution in [0.2, 0.25) is 5.22 Å². The highest BCUT2D eigenvalue weighted by Gasteiger charge is 2.13. The number of hydrogen-bond acceptors (Lipinski definition) is 4. The Morgan fingerprint density at radius 2 is 1.94 bits per heavy atom. The van der Waals surface area contributed by atoms with Gasteiger partial charge in [0.1, 0.15) is 5.58 Å². The minimum Gasteiger partial charge on any atom is -0.444 e. The van der Waals surface area contributed by atoms with Gasteiger partial charge in [-0.1, -0.05) is 18.2 Å². The van der Waals surface area contributed by atoms with E-state index in [9.17, 15) is 0 Å². The van der Waals surface area contributed by atoms with Crippen LogP contribution < -0.4 is 16.8 Å². The third-order valence-electron chi connectivity index (χ3n) is 2.79. The number of nitrogens with one attached hydrogen (secondary N) is 1. The summed E-state index contributed by atoms with van der Waals surface area (Å²) in [4.78, 5) is 0. The van der Waals surface area contributed by atoms with Crippen molar-refractivity contribution >= 4 is 22.6 Å². The van der Waals surface area contributed by atoms with Crippen LogP contribution in [-0.2, 0) is 6.54 Å². The molecule has 17 heavy (non-hydrogen) atoms. The van der Waals surface area contributed by atoms with Gasteiger partial charge in [-0.15, -0.1) is 0 Å². The fourth-order valence-electron chi connectivity index (χ4n) is 1.74. The van der Waals surface area contributed by atoms with Crippen molar-refractivity contribution in [1.29, 1.82) is 0 Å². The molecule has 0 fully saturated rings. The second kappa shape index (κ2) is 5.51. The lowest BCUT2D eigenvalue weighted by Gasteiger charge is -2.13. The molecule has 1 heterocycles. The summed E-state index contributed by atoms with van der Waals surface area (Å²) in [6.45, 7) is 1.61. The van der Waals surface area contributed by atoms with Crippen molar-refractivity contribution in [3.05, 3.63) is 35.0 Å². The van der Waals surface area contributed by atoms with Crippen LogP contribution in [0, 0.1) is 0 Å². The van der Waals surface area contributed by atoms with Crippen LogP contribution in [0.4, 0.5) is 0 Å². The number of para-hydroxylation sites is 1. The van der Waals surface area contributed by atoms with Gasteiger partial charge in [0.05, 0.1) is 0 Å². The molecule has 2 aromatic rings. The Hall–Kier alpha value is -1.07. The number of hydrogen-bond donors (Lipinski definition) is 3. The van der Waals surface area contributed by atoms with Gasteiger partial charge in [0.15, 0.2) is 5.22 Å². The molecule has 0 spiro atoms. The van der Waals surface area contributed by atoms with Crippen molar-refractivity contribution in [2.24, 2.45) is 11.5 Å². The number of benzene rings is 1. The van der Waals surface area contributed by atoms with Crippen molar-refractivity contribution in [2.75, 3.05) is 13.1 Å². The predicted molar refractivity (Wildman–Crippen MR) is 70.0 cm³/mol. The van der Waals surface area contributed by atoms with Gasteiger partial charge in [-0.05, 0) is 17.7 Å². The van der Waals surface area contributed by atoms with E-state index in [1.807, 2.05) is 24.3 Å². The molecule has 0 saturated carbocycles. The molecule has 0 atom stereocenters. The van der Waals surface area contributed by atoms with Crippen LogP contribution in [0.3, 0.4) is 0 Å². The van der Waals surface area contributed by atoms with Gasteiger partial charge in [0.2, 0.25) is 0 Å². The van der Waals surface area contributed by atoms with Gasteiger partial charge in [0.25, 0.3) is 0 Å². The molecule has 5 N–H and O–H groups in total. The maximum absolute atomic E-state index is 6.07. The van der Waals surface area contributed by atoms with Gasteiger partial charge < -0.3 is 21.2 Å². The molecule has 0 aliphatic carbocycles. The van der Waals surface area contributed by atoms with Gasteiger partial charge in [-0.25, -0.2) is 0 Å². The van der Waals surface area contributed by atoms with E-state index in [1.165, 1.54) is 0 Å². The maximum Gasteiger partial charge on any atom is 0.199 e. The molecule has 1 aromatic carbocycles. The monoisotopic (exact) mass is 253 g/mol. The highest BCUT2D eigenvalue weighted by Crippen LogP contribution is 2.29. The van der Waals surface area contributed by atoms with Crippen LogP contribution >= 0.6 is 11.6 Å². The van der Waals surface area contributed by atoms with Gasteiger partial charge >= 0.3 is 0 Å². The molecule has 0 saturated heterocycles. The summed E-state index contributed by atoms with van der Waals surface area (Å²) >= 11 is 6.07. The van der Waals surface area contributed by atoms with Crippen LogP contribution in [0.15, 0.2) is 28.7 Å². The number of fused-ring (bicyclic) bond motifs is 1. The summed E-state index contributed by atoms with van der Waals surface area (Å²) in [6, 6.07) is 7.86. The highest BCUT2D eigenvalue weighted by atomic mass is 35.5. The van der Waals surface area contributed by atoms with E-state index in [1.54, 1.807) is 0 Å². The molecule has 5 heteroatoms. The number of furan rings is 1. The number of nitrogens with two attached hydrogens (primary N) is 2. The Morgan fingerprint density at radius 1 is 1.24 bits per heavy atom. The second-order valence-corrected chi connectivity index (χ2v) is 4.24. The smallest absolute Gasteiger partial charge is 0.199 e. The van der Waals surface area contributed by atoms with E-state index in [0.717, 1.165) is 16.5 Å². The minimum atomic E-state index is 0.0970. The average molecular weight is 254 g/mol. The second-order valence-electron chi connectivity index (χ2n) is 3.90. The first-order valence-corrected chi connectivity index (χ1v) is 5.93. The quantitative estimate of drug-likeness (QED) is 0.754. The van der Waals surface area contributed by atoms with E-state index in [-0.39, 0.29) is 6.04 Å². The molecular weight excluding hydrogens is 238 g/mol. The zero-order chi connectivity index (χ0) is 12.3. The SMILES string of the molecule is NCC(CN)NCc1c(Cl)oc2ccccc12. The van der Waals surface area contributed by atoms with Crippen molar-refractivity contribution in [2.45, 2.75) is 12.6 Å². The molecular formula is C12H16ClN3O. The Labute approximate surface area is 105 Å². The zero-order valence-corrected chi connectivity index (χ0v) is 10.2. The molecule has 0 unspecified atom stereocenters. The molecule has 0 amide bonds. The molecule has 0 radical (unpaired) electrons. The lowest BCUT2D eigenvalue weighted by atomic mass is 10.1. The lowest BCUT2D eigenvalue weighted by molar-refractivity contribution is 0.522. The molecule has 4 nitrogen and oxygen atoms in total. The van der Waals surface area contributed by atoms with Crippen LogP contribution in [0.1, 0.15) is 5.56 Å². The first kappa shape index (κ1) is 12.4. The summed E-state index contributed by atoms with van der Waals surface area (Å²) in [7, 11) is 0. The zero-order valence-electron chi connectivity index (χ0n) is 9.45. The van der Waals surface area contributed by atoms with Gasteiger partial charge in [0, 0.05) is 36.6 Å². The lowest BCUT2D eigenvalue weighted by Crippen LogP contribution is -2.41. The van der Waals surface area contributed by atoms with Gasteiger partial charge in [-0.2, -0.15) is 0 Å². The normalized spacial score (nSPS) is 11.5. The van der Waals surface area contributed by atoms with Crippen LogP contribution in [-0.4, -0.2) is 19.1 Å². The summed E-state index contributed by atoms with van der Waals surface area (Å²) in [5.41, 5.74) is 12.9.